The molecule has 1 unspecified atom stereocenters. The molecule has 0 bridgehead atoms. The molecule has 1 heterocycles. The standard InChI is InChI=1S/C8H12O4/c9-6-4-2-1-3-5-8-10-7-11-12-8/h3,5-6,8H,1-2,4,7H2/b5-3-. The first-order valence-corrected chi connectivity index (χ1v) is 3.93. The lowest BCUT2D eigenvalue weighted by atomic mass is 10.2. The number of unbranched alkanes of at least 4 members (excludes halogenated alkanes) is 2. The van der Waals surface area contributed by atoms with Crippen LogP contribution in [0.2, 0.25) is 0 Å². The molecule has 1 saturated heterocycles. The molecule has 4 nitrogen and oxygen atoms in total. The number of carbonyl (C=O) groups excluding carboxylic acids is 1. The van der Waals surface area contributed by atoms with E-state index < -0.39 is 0 Å². The van der Waals surface area contributed by atoms with Crippen molar-refractivity contribution in [3.8, 4) is 0 Å². The fourth-order valence-electron chi connectivity index (χ4n) is 0.831. The molecule has 0 aromatic rings. The highest BCUT2D eigenvalue weighted by atomic mass is 17.3. The lowest BCUT2D eigenvalue weighted by Gasteiger charge is -1.96. The second kappa shape index (κ2) is 5.88. The molecule has 0 aromatic heterocycles. The van der Waals surface area contributed by atoms with Gasteiger partial charge in [0.05, 0.1) is 0 Å². The van der Waals surface area contributed by atoms with Gasteiger partial charge in [-0.05, 0) is 18.9 Å². The van der Waals surface area contributed by atoms with Crippen LogP contribution in [0.5, 0.6) is 0 Å². The Bertz CT molecular complexity index is 149. The normalized spacial score (nSPS) is 23.5. The molecule has 0 N–H and O–H groups in total. The Kier molecular flexibility index (Phi) is 4.60. The maximum absolute atomic E-state index is 9.93. The van der Waals surface area contributed by atoms with Crippen molar-refractivity contribution in [2.45, 2.75) is 25.6 Å². The van der Waals surface area contributed by atoms with Crippen LogP contribution < -0.4 is 0 Å². The highest BCUT2D eigenvalue weighted by Crippen LogP contribution is 2.07. The van der Waals surface area contributed by atoms with Crippen molar-refractivity contribution in [2.24, 2.45) is 0 Å². The van der Waals surface area contributed by atoms with E-state index in [2.05, 4.69) is 9.78 Å². The predicted molar refractivity (Wildman–Crippen MR) is 41.0 cm³/mol. The number of aldehydes is 1. The van der Waals surface area contributed by atoms with Crippen molar-refractivity contribution >= 4 is 6.29 Å². The number of allylic oxidation sites excluding steroid dienone is 1. The third-order valence-electron chi connectivity index (χ3n) is 1.43. The van der Waals surface area contributed by atoms with Crippen molar-refractivity contribution in [2.75, 3.05) is 6.79 Å². The minimum atomic E-state index is -0.374. The predicted octanol–water partition coefficient (Wildman–Crippen LogP) is 1.17. The van der Waals surface area contributed by atoms with Gasteiger partial charge in [0.2, 0.25) is 6.29 Å². The van der Waals surface area contributed by atoms with Gasteiger partial charge in [0.15, 0.2) is 6.79 Å². The summed E-state index contributed by atoms with van der Waals surface area (Å²) in [6, 6.07) is 0. The molecule has 1 rings (SSSR count). The zero-order chi connectivity index (χ0) is 8.65. The smallest absolute Gasteiger partial charge is 0.212 e. The van der Waals surface area contributed by atoms with E-state index in [0.29, 0.717) is 6.42 Å². The fourth-order valence-corrected chi connectivity index (χ4v) is 0.831. The summed E-state index contributed by atoms with van der Waals surface area (Å²) in [5.74, 6) is 0. The number of hydrogen-bond donors (Lipinski definition) is 0. The van der Waals surface area contributed by atoms with Gasteiger partial charge in [0, 0.05) is 6.42 Å². The van der Waals surface area contributed by atoms with E-state index in [1.54, 1.807) is 6.08 Å². The molecule has 0 saturated carbocycles. The Morgan fingerprint density at radius 1 is 1.42 bits per heavy atom. The summed E-state index contributed by atoms with van der Waals surface area (Å²) in [7, 11) is 0. The summed E-state index contributed by atoms with van der Waals surface area (Å²) in [5, 5.41) is 0. The van der Waals surface area contributed by atoms with Crippen molar-refractivity contribution in [1.29, 1.82) is 0 Å². The molecule has 1 aliphatic rings. The van der Waals surface area contributed by atoms with Crippen molar-refractivity contribution in [1.82, 2.24) is 0 Å². The summed E-state index contributed by atoms with van der Waals surface area (Å²) in [6.45, 7) is 0.184. The summed E-state index contributed by atoms with van der Waals surface area (Å²) >= 11 is 0. The summed E-state index contributed by atoms with van der Waals surface area (Å²) < 4.78 is 4.96. The topological polar surface area (TPSA) is 44.8 Å². The van der Waals surface area contributed by atoms with Gasteiger partial charge in [-0.1, -0.05) is 6.08 Å². The van der Waals surface area contributed by atoms with Gasteiger partial charge >= 0.3 is 0 Å². The molecule has 0 aromatic carbocycles. The van der Waals surface area contributed by atoms with Gasteiger partial charge < -0.3 is 9.53 Å². The quantitative estimate of drug-likeness (QED) is 0.270. The molecule has 0 aliphatic carbocycles. The first-order valence-electron chi connectivity index (χ1n) is 3.93. The molecule has 12 heavy (non-hydrogen) atoms. The average molecular weight is 172 g/mol. The minimum absolute atomic E-state index is 0.184. The average Bonchev–Trinajstić information content (AvgIpc) is 2.57. The first-order chi connectivity index (χ1) is 5.93. The zero-order valence-corrected chi connectivity index (χ0v) is 6.77. The van der Waals surface area contributed by atoms with Crippen molar-refractivity contribution in [3.05, 3.63) is 12.2 Å². The second-order valence-electron chi connectivity index (χ2n) is 2.39. The SMILES string of the molecule is O=CCCC/C=C\C1OCOO1. The van der Waals surface area contributed by atoms with Gasteiger partial charge in [0.25, 0.3) is 0 Å². The Morgan fingerprint density at radius 3 is 3.00 bits per heavy atom. The molecule has 4 heteroatoms. The van der Waals surface area contributed by atoms with Gasteiger partial charge in [0.1, 0.15) is 6.29 Å². The molecule has 0 radical (unpaired) electrons. The molecular weight excluding hydrogens is 160 g/mol. The lowest BCUT2D eigenvalue weighted by molar-refractivity contribution is -0.266. The zero-order valence-electron chi connectivity index (χ0n) is 6.77. The monoisotopic (exact) mass is 172 g/mol. The van der Waals surface area contributed by atoms with Crippen LogP contribution in [0.3, 0.4) is 0 Å². The Hall–Kier alpha value is -0.710. The maximum Gasteiger partial charge on any atom is 0.212 e. The van der Waals surface area contributed by atoms with E-state index in [1.165, 1.54) is 0 Å². The van der Waals surface area contributed by atoms with Crippen LogP contribution in [0.1, 0.15) is 19.3 Å². The molecule has 1 atom stereocenters. The Labute approximate surface area is 71.0 Å². The molecule has 1 aliphatic heterocycles. The maximum atomic E-state index is 9.93. The number of ether oxygens (including phenoxy) is 1. The van der Waals surface area contributed by atoms with Crippen LogP contribution in [0.25, 0.3) is 0 Å². The first kappa shape index (κ1) is 9.38. The third-order valence-corrected chi connectivity index (χ3v) is 1.43. The van der Waals surface area contributed by atoms with E-state index >= 15 is 0 Å². The molecule has 68 valence electrons. The lowest BCUT2D eigenvalue weighted by Crippen LogP contribution is -2.01. The van der Waals surface area contributed by atoms with Crippen LogP contribution in [0.4, 0.5) is 0 Å². The van der Waals surface area contributed by atoms with Gasteiger partial charge in [-0.25, -0.2) is 4.89 Å². The summed E-state index contributed by atoms with van der Waals surface area (Å²) in [5.41, 5.74) is 0. The van der Waals surface area contributed by atoms with Crippen molar-refractivity contribution in [3.63, 3.8) is 0 Å². The minimum Gasteiger partial charge on any atom is -0.317 e. The Balaban J connectivity index is 2.00. The number of carbonyl (C=O) groups is 1. The highest BCUT2D eigenvalue weighted by molar-refractivity contribution is 5.48. The fraction of sp³-hybridized carbons (Fsp3) is 0.625. The summed E-state index contributed by atoms with van der Waals surface area (Å²) in [4.78, 5) is 19.1. The van der Waals surface area contributed by atoms with E-state index in [0.717, 1.165) is 19.1 Å². The van der Waals surface area contributed by atoms with Gasteiger partial charge in [-0.15, -0.1) is 0 Å². The van der Waals surface area contributed by atoms with Crippen LogP contribution in [-0.4, -0.2) is 19.4 Å². The van der Waals surface area contributed by atoms with Crippen LogP contribution >= 0.6 is 0 Å². The summed E-state index contributed by atoms with van der Waals surface area (Å²) in [6.07, 6.45) is 6.57. The largest absolute Gasteiger partial charge is 0.317 e. The number of hydrogen-bond acceptors (Lipinski definition) is 4. The highest BCUT2D eigenvalue weighted by Gasteiger charge is 2.12. The molecule has 0 amide bonds. The number of rotatable bonds is 5. The van der Waals surface area contributed by atoms with Crippen LogP contribution in [0.15, 0.2) is 12.2 Å². The van der Waals surface area contributed by atoms with Gasteiger partial charge in [-0.2, -0.15) is 4.89 Å². The van der Waals surface area contributed by atoms with Crippen LogP contribution in [0, 0.1) is 0 Å². The molecule has 0 spiro atoms. The molecular formula is C8H12O4. The van der Waals surface area contributed by atoms with E-state index in [4.69, 9.17) is 4.74 Å². The van der Waals surface area contributed by atoms with Gasteiger partial charge in [-0.3, -0.25) is 0 Å². The van der Waals surface area contributed by atoms with E-state index in [1.807, 2.05) is 6.08 Å². The third kappa shape index (κ3) is 3.61. The van der Waals surface area contributed by atoms with Crippen molar-refractivity contribution < 1.29 is 19.3 Å². The van der Waals surface area contributed by atoms with Crippen LogP contribution in [-0.2, 0) is 19.3 Å². The van der Waals surface area contributed by atoms with E-state index in [-0.39, 0.29) is 13.1 Å². The second-order valence-corrected chi connectivity index (χ2v) is 2.39. The Morgan fingerprint density at radius 2 is 2.33 bits per heavy atom. The van der Waals surface area contributed by atoms with E-state index in [9.17, 15) is 4.79 Å². The molecule has 1 fully saturated rings.